The fourth-order valence-electron chi connectivity index (χ4n) is 2.55. The summed E-state index contributed by atoms with van der Waals surface area (Å²) in [7, 11) is 0. The second-order valence-electron chi connectivity index (χ2n) is 5.73. The predicted octanol–water partition coefficient (Wildman–Crippen LogP) is 4.75. The zero-order valence-corrected chi connectivity index (χ0v) is 15.0. The van der Waals surface area contributed by atoms with E-state index in [0.717, 1.165) is 28.3 Å². The Morgan fingerprint density at radius 2 is 1.88 bits per heavy atom. The number of hydrogen-bond donors (Lipinski definition) is 2. The van der Waals surface area contributed by atoms with Crippen molar-refractivity contribution in [1.82, 2.24) is 15.2 Å². The lowest BCUT2D eigenvalue weighted by Crippen LogP contribution is -2.07. The lowest BCUT2D eigenvalue weighted by atomic mass is 10.1. The highest BCUT2D eigenvalue weighted by Crippen LogP contribution is 2.24. The number of aromatic nitrogens is 3. The minimum Gasteiger partial charge on any atom is -0.365 e. The van der Waals surface area contributed by atoms with Crippen LogP contribution in [0.25, 0.3) is 0 Å². The summed E-state index contributed by atoms with van der Waals surface area (Å²) in [5, 5.41) is 15.4. The van der Waals surface area contributed by atoms with Crippen LogP contribution in [-0.4, -0.2) is 15.2 Å². The number of benzene rings is 2. The molecule has 0 atom stereocenters. The van der Waals surface area contributed by atoms with Crippen molar-refractivity contribution < 1.29 is 0 Å². The van der Waals surface area contributed by atoms with Crippen LogP contribution in [-0.2, 0) is 13.0 Å². The van der Waals surface area contributed by atoms with Crippen molar-refractivity contribution in [3.63, 3.8) is 0 Å². The van der Waals surface area contributed by atoms with Crippen LogP contribution in [0, 0.1) is 6.92 Å². The lowest BCUT2D eigenvalue weighted by Gasteiger charge is -2.13. The van der Waals surface area contributed by atoms with E-state index in [1.165, 1.54) is 5.56 Å². The highest BCUT2D eigenvalue weighted by Gasteiger charge is 2.07. The fourth-order valence-corrected chi connectivity index (χ4v) is 2.68. The molecular weight excluding hydrogens is 334 g/mol. The summed E-state index contributed by atoms with van der Waals surface area (Å²) in [6.07, 6.45) is 2.55. The van der Waals surface area contributed by atoms with E-state index in [4.69, 9.17) is 11.6 Å². The van der Waals surface area contributed by atoms with Gasteiger partial charge in [0.1, 0.15) is 0 Å². The van der Waals surface area contributed by atoms with Gasteiger partial charge in [-0.25, -0.2) is 0 Å². The van der Waals surface area contributed by atoms with Gasteiger partial charge in [0.2, 0.25) is 5.95 Å². The number of anilines is 3. The Morgan fingerprint density at radius 3 is 2.64 bits per heavy atom. The summed E-state index contributed by atoms with van der Waals surface area (Å²) in [6.45, 7) is 4.83. The molecular formula is C19H20ClN5. The first-order valence-corrected chi connectivity index (χ1v) is 8.57. The van der Waals surface area contributed by atoms with Crippen LogP contribution in [0.5, 0.6) is 0 Å². The van der Waals surface area contributed by atoms with Gasteiger partial charge in [0.25, 0.3) is 0 Å². The van der Waals surface area contributed by atoms with E-state index < -0.39 is 0 Å². The van der Waals surface area contributed by atoms with Crippen LogP contribution in [0.1, 0.15) is 23.6 Å². The Labute approximate surface area is 152 Å². The summed E-state index contributed by atoms with van der Waals surface area (Å²) in [5.74, 6) is 1.14. The van der Waals surface area contributed by atoms with Gasteiger partial charge in [-0.1, -0.05) is 48.9 Å². The zero-order valence-electron chi connectivity index (χ0n) is 14.3. The first-order valence-electron chi connectivity index (χ1n) is 8.19. The van der Waals surface area contributed by atoms with Gasteiger partial charge in [-0.15, -0.1) is 5.10 Å². The molecule has 5 nitrogen and oxygen atoms in total. The molecule has 0 bridgehead atoms. The van der Waals surface area contributed by atoms with Gasteiger partial charge < -0.3 is 10.6 Å². The summed E-state index contributed by atoms with van der Waals surface area (Å²) in [6, 6.07) is 13.9. The van der Waals surface area contributed by atoms with E-state index in [2.05, 4.69) is 57.9 Å². The average Bonchev–Trinajstić information content (AvgIpc) is 2.63. The normalized spacial score (nSPS) is 10.5. The number of rotatable bonds is 6. The van der Waals surface area contributed by atoms with Crippen LogP contribution in [0.15, 0.2) is 48.7 Å². The Hall–Kier alpha value is -2.66. The molecule has 128 valence electrons. The Morgan fingerprint density at radius 1 is 1.08 bits per heavy atom. The summed E-state index contributed by atoms with van der Waals surface area (Å²) in [4.78, 5) is 4.50. The van der Waals surface area contributed by atoms with Crippen molar-refractivity contribution in [2.24, 2.45) is 0 Å². The van der Waals surface area contributed by atoms with Gasteiger partial charge >= 0.3 is 0 Å². The molecule has 0 saturated heterocycles. The molecule has 2 aromatic carbocycles. The van der Waals surface area contributed by atoms with E-state index >= 15 is 0 Å². The summed E-state index contributed by atoms with van der Waals surface area (Å²) >= 11 is 5.90. The minimum absolute atomic E-state index is 0.477. The van der Waals surface area contributed by atoms with Gasteiger partial charge in [0.05, 0.1) is 6.20 Å². The van der Waals surface area contributed by atoms with Crippen LogP contribution < -0.4 is 10.6 Å². The summed E-state index contributed by atoms with van der Waals surface area (Å²) in [5.41, 5.74) is 4.54. The Balaban J connectivity index is 1.72. The van der Waals surface area contributed by atoms with Crippen LogP contribution in [0.3, 0.4) is 0 Å². The fraction of sp³-hybridized carbons (Fsp3) is 0.211. The predicted molar refractivity (Wildman–Crippen MR) is 102 cm³/mol. The van der Waals surface area contributed by atoms with Crippen molar-refractivity contribution in [2.45, 2.75) is 26.8 Å². The minimum atomic E-state index is 0.477. The molecule has 6 heteroatoms. The van der Waals surface area contributed by atoms with Gasteiger partial charge in [0.15, 0.2) is 5.82 Å². The van der Waals surface area contributed by atoms with Crippen molar-refractivity contribution in [2.75, 3.05) is 10.6 Å². The molecule has 25 heavy (non-hydrogen) atoms. The summed E-state index contributed by atoms with van der Waals surface area (Å²) < 4.78 is 0. The second-order valence-corrected chi connectivity index (χ2v) is 6.17. The number of hydrogen-bond acceptors (Lipinski definition) is 5. The number of para-hydroxylation sites is 1. The van der Waals surface area contributed by atoms with Crippen molar-refractivity contribution in [3.05, 3.63) is 70.4 Å². The molecule has 0 aliphatic heterocycles. The highest BCUT2D eigenvalue weighted by atomic mass is 35.5. The van der Waals surface area contributed by atoms with E-state index in [1.54, 1.807) is 6.20 Å². The first-order chi connectivity index (χ1) is 12.2. The van der Waals surface area contributed by atoms with Crippen molar-refractivity contribution in [1.29, 1.82) is 0 Å². The number of nitrogens with one attached hydrogen (secondary N) is 2. The SMILES string of the molecule is CCc1cccc(C)c1Nc1nncc(NCc2ccc(Cl)cc2)n1. The van der Waals surface area contributed by atoms with E-state index in [1.807, 2.05) is 24.3 Å². The molecule has 0 aliphatic carbocycles. The topological polar surface area (TPSA) is 62.7 Å². The van der Waals surface area contributed by atoms with Gasteiger partial charge in [0, 0.05) is 17.3 Å². The van der Waals surface area contributed by atoms with Crippen molar-refractivity contribution in [3.8, 4) is 0 Å². The molecule has 0 aliphatic rings. The average molecular weight is 354 g/mol. The van der Waals surface area contributed by atoms with E-state index in [-0.39, 0.29) is 0 Å². The first kappa shape index (κ1) is 17.2. The highest BCUT2D eigenvalue weighted by molar-refractivity contribution is 6.30. The third-order valence-electron chi connectivity index (χ3n) is 3.92. The molecule has 3 rings (SSSR count). The zero-order chi connectivity index (χ0) is 17.6. The molecule has 1 heterocycles. The van der Waals surface area contributed by atoms with Crippen molar-refractivity contribution >= 4 is 29.1 Å². The third-order valence-corrected chi connectivity index (χ3v) is 4.17. The van der Waals surface area contributed by atoms with Gasteiger partial charge in [-0.2, -0.15) is 10.1 Å². The molecule has 0 fully saturated rings. The van der Waals surface area contributed by atoms with Crippen LogP contribution in [0.2, 0.25) is 5.02 Å². The molecule has 0 spiro atoms. The second kappa shape index (κ2) is 7.94. The molecule has 0 radical (unpaired) electrons. The molecule has 0 saturated carbocycles. The lowest BCUT2D eigenvalue weighted by molar-refractivity contribution is 0.963. The molecule has 3 aromatic rings. The Bertz CT molecular complexity index is 849. The van der Waals surface area contributed by atoms with Gasteiger partial charge in [-0.3, -0.25) is 0 Å². The smallest absolute Gasteiger partial charge is 0.249 e. The molecule has 1 aromatic heterocycles. The monoisotopic (exact) mass is 353 g/mol. The number of aryl methyl sites for hydroxylation is 2. The maximum atomic E-state index is 5.90. The molecule has 0 unspecified atom stereocenters. The van der Waals surface area contributed by atoms with E-state index in [9.17, 15) is 0 Å². The largest absolute Gasteiger partial charge is 0.365 e. The molecule has 2 N–H and O–H groups in total. The maximum absolute atomic E-state index is 5.90. The van der Waals surface area contributed by atoms with E-state index in [0.29, 0.717) is 18.3 Å². The standard InChI is InChI=1S/C19H20ClN5/c1-3-15-6-4-5-13(2)18(15)24-19-23-17(12-22-25-19)21-11-14-7-9-16(20)10-8-14/h4-10,12H,3,11H2,1-2H3,(H2,21,23,24,25). The number of halogens is 1. The molecule has 0 amide bonds. The Kier molecular flexibility index (Phi) is 5.46. The van der Waals surface area contributed by atoms with Crippen LogP contribution in [0.4, 0.5) is 17.5 Å². The third kappa shape index (κ3) is 4.45. The maximum Gasteiger partial charge on any atom is 0.249 e. The quantitative estimate of drug-likeness (QED) is 0.669. The number of nitrogens with zero attached hydrogens (tertiary/aromatic N) is 3. The van der Waals surface area contributed by atoms with Gasteiger partial charge in [-0.05, 0) is 42.2 Å². The van der Waals surface area contributed by atoms with Crippen LogP contribution >= 0.6 is 11.6 Å².